The molecule has 0 spiro atoms. The summed E-state index contributed by atoms with van der Waals surface area (Å²) >= 11 is 0. The molecule has 0 bridgehead atoms. The second-order valence-corrected chi connectivity index (χ2v) is 4.86. The van der Waals surface area contributed by atoms with E-state index in [1.54, 1.807) is 29.2 Å². The number of carbonyl (C=O) groups excluding carboxylic acids is 1. The molecular formula is C10H9NO5S. The van der Waals surface area contributed by atoms with Crippen molar-refractivity contribution in [3.05, 3.63) is 30.3 Å². The molecule has 1 N–H and O–H groups in total. The minimum Gasteiger partial charge on any atom is -0.443 e. The van der Waals surface area contributed by atoms with Crippen LogP contribution in [0.5, 0.6) is 0 Å². The van der Waals surface area contributed by atoms with Gasteiger partial charge in [-0.25, -0.2) is 8.42 Å². The minimum atomic E-state index is -3.98. The van der Waals surface area contributed by atoms with E-state index in [1.807, 2.05) is 0 Å². The van der Waals surface area contributed by atoms with Gasteiger partial charge >= 0.3 is 16.0 Å². The van der Waals surface area contributed by atoms with Gasteiger partial charge in [0.1, 0.15) is 5.58 Å². The molecule has 90 valence electrons. The lowest BCUT2D eigenvalue weighted by atomic mass is 10.3. The fraction of sp³-hybridized carbons (Fsp3) is 0.100. The Hall–Kier alpha value is -1.86. The van der Waals surface area contributed by atoms with Gasteiger partial charge in [-0.3, -0.25) is 4.79 Å². The number of rotatable bonds is 3. The Balaban J connectivity index is 2.35. The molecular weight excluding hydrogens is 246 g/mol. The quantitative estimate of drug-likeness (QED) is 0.832. The summed E-state index contributed by atoms with van der Waals surface area (Å²) in [5.41, 5.74) is 0.440. The van der Waals surface area contributed by atoms with E-state index < -0.39 is 16.0 Å². The van der Waals surface area contributed by atoms with E-state index >= 15 is 0 Å². The molecule has 0 amide bonds. The van der Waals surface area contributed by atoms with Crippen molar-refractivity contribution in [1.82, 2.24) is 4.89 Å². The van der Waals surface area contributed by atoms with Gasteiger partial charge in [-0.2, -0.15) is 0 Å². The first kappa shape index (κ1) is 11.6. The van der Waals surface area contributed by atoms with Gasteiger partial charge in [-0.15, -0.1) is 0 Å². The van der Waals surface area contributed by atoms with Gasteiger partial charge in [-0.05, 0) is 11.0 Å². The van der Waals surface area contributed by atoms with Crippen molar-refractivity contribution in [2.24, 2.45) is 0 Å². The van der Waals surface area contributed by atoms with Crippen LogP contribution in [0, 0.1) is 0 Å². The summed E-state index contributed by atoms with van der Waals surface area (Å²) in [5, 5.41) is 0.343. The largest absolute Gasteiger partial charge is 0.443 e. The van der Waals surface area contributed by atoms with Gasteiger partial charge in [0.2, 0.25) is 5.09 Å². The monoisotopic (exact) mass is 255 g/mol. The number of benzene rings is 1. The molecule has 0 aliphatic carbocycles. The zero-order valence-corrected chi connectivity index (χ0v) is 9.65. The van der Waals surface area contributed by atoms with Crippen molar-refractivity contribution >= 4 is 27.0 Å². The Labute approximate surface area is 97.2 Å². The van der Waals surface area contributed by atoms with E-state index in [-0.39, 0.29) is 5.09 Å². The molecule has 2 rings (SSSR count). The summed E-state index contributed by atoms with van der Waals surface area (Å²) < 4.78 is 28.4. The Morgan fingerprint density at radius 2 is 2.06 bits per heavy atom. The van der Waals surface area contributed by atoms with E-state index in [9.17, 15) is 13.2 Å². The smallest absolute Gasteiger partial charge is 0.323 e. The number of furan rings is 1. The molecule has 0 unspecified atom stereocenters. The minimum absolute atomic E-state index is 0.306. The highest BCUT2D eigenvalue weighted by Crippen LogP contribution is 2.21. The van der Waals surface area contributed by atoms with Crippen molar-refractivity contribution in [2.45, 2.75) is 12.0 Å². The van der Waals surface area contributed by atoms with Crippen molar-refractivity contribution in [3.8, 4) is 0 Å². The zero-order chi connectivity index (χ0) is 12.5. The summed E-state index contributed by atoms with van der Waals surface area (Å²) in [7, 11) is -3.98. The van der Waals surface area contributed by atoms with Crippen LogP contribution in [0.2, 0.25) is 0 Å². The van der Waals surface area contributed by atoms with Gasteiger partial charge in [-0.1, -0.05) is 18.2 Å². The average Bonchev–Trinajstić information content (AvgIpc) is 2.71. The van der Waals surface area contributed by atoms with Crippen LogP contribution in [-0.2, 0) is 19.7 Å². The van der Waals surface area contributed by atoms with E-state index in [1.165, 1.54) is 6.07 Å². The molecule has 1 aromatic carbocycles. The first-order valence-corrected chi connectivity index (χ1v) is 6.15. The lowest BCUT2D eigenvalue weighted by molar-refractivity contribution is -0.144. The van der Waals surface area contributed by atoms with Gasteiger partial charge < -0.3 is 9.25 Å². The van der Waals surface area contributed by atoms with Gasteiger partial charge in [0.05, 0.1) is 0 Å². The number of sulfonamides is 1. The van der Waals surface area contributed by atoms with Crippen LogP contribution in [0.1, 0.15) is 6.92 Å². The second kappa shape index (κ2) is 4.19. The molecule has 17 heavy (non-hydrogen) atoms. The summed E-state index contributed by atoms with van der Waals surface area (Å²) in [5.74, 6) is -0.760. The molecule has 0 saturated heterocycles. The van der Waals surface area contributed by atoms with E-state index in [0.29, 0.717) is 11.0 Å². The number of fused-ring (bicyclic) bond motifs is 1. The van der Waals surface area contributed by atoms with Crippen molar-refractivity contribution in [3.63, 3.8) is 0 Å². The normalized spacial score (nSPS) is 11.6. The van der Waals surface area contributed by atoms with Gasteiger partial charge in [0.15, 0.2) is 0 Å². The Morgan fingerprint density at radius 1 is 1.35 bits per heavy atom. The highest BCUT2D eigenvalue weighted by atomic mass is 32.2. The molecule has 1 heterocycles. The fourth-order valence-electron chi connectivity index (χ4n) is 1.24. The maximum absolute atomic E-state index is 11.6. The predicted octanol–water partition coefficient (Wildman–Crippen LogP) is 1.19. The molecule has 0 fully saturated rings. The number of hydrogen-bond donors (Lipinski definition) is 1. The number of carbonyl (C=O) groups is 1. The molecule has 1 aromatic heterocycles. The molecule has 0 aliphatic rings. The highest BCUT2D eigenvalue weighted by Gasteiger charge is 2.20. The first-order chi connectivity index (χ1) is 7.99. The summed E-state index contributed by atoms with van der Waals surface area (Å²) in [6, 6.07) is 8.18. The zero-order valence-electron chi connectivity index (χ0n) is 8.84. The SMILES string of the molecule is CC(=O)ONS(=O)(=O)c1cc2ccccc2o1. The van der Waals surface area contributed by atoms with Crippen LogP contribution in [0.4, 0.5) is 0 Å². The lowest BCUT2D eigenvalue weighted by Gasteiger charge is -2.01. The molecule has 0 radical (unpaired) electrons. The van der Waals surface area contributed by atoms with Crippen LogP contribution in [0.15, 0.2) is 39.8 Å². The van der Waals surface area contributed by atoms with Crippen molar-refractivity contribution in [2.75, 3.05) is 0 Å². The highest BCUT2D eigenvalue weighted by molar-refractivity contribution is 7.89. The summed E-state index contributed by atoms with van der Waals surface area (Å²) in [6.07, 6.45) is 0. The predicted molar refractivity (Wildman–Crippen MR) is 58.3 cm³/mol. The van der Waals surface area contributed by atoms with Gasteiger partial charge in [0.25, 0.3) is 0 Å². The summed E-state index contributed by atoms with van der Waals surface area (Å²) in [4.78, 5) is 16.4. The third kappa shape index (κ3) is 2.45. The van der Waals surface area contributed by atoms with Crippen LogP contribution < -0.4 is 4.89 Å². The van der Waals surface area contributed by atoms with Crippen molar-refractivity contribution < 1.29 is 22.5 Å². The summed E-state index contributed by atoms with van der Waals surface area (Å²) in [6.45, 7) is 1.08. The van der Waals surface area contributed by atoms with Gasteiger partial charge in [0, 0.05) is 18.4 Å². The van der Waals surface area contributed by atoms with E-state index in [0.717, 1.165) is 6.92 Å². The third-order valence-electron chi connectivity index (χ3n) is 1.96. The van der Waals surface area contributed by atoms with Crippen LogP contribution in [0.3, 0.4) is 0 Å². The fourth-order valence-corrected chi connectivity index (χ4v) is 2.04. The number of para-hydroxylation sites is 1. The number of hydrogen-bond acceptors (Lipinski definition) is 5. The first-order valence-electron chi connectivity index (χ1n) is 4.67. The second-order valence-electron chi connectivity index (χ2n) is 3.28. The molecule has 7 heteroatoms. The van der Waals surface area contributed by atoms with E-state index in [2.05, 4.69) is 4.84 Å². The Bertz CT molecular complexity index is 625. The Kier molecular flexibility index (Phi) is 2.86. The van der Waals surface area contributed by atoms with Crippen LogP contribution in [0.25, 0.3) is 11.0 Å². The standard InChI is InChI=1S/C10H9NO5S/c1-7(12)16-11-17(13,14)10-6-8-4-2-3-5-9(8)15-10/h2-6,11H,1H3. The van der Waals surface area contributed by atoms with Crippen molar-refractivity contribution in [1.29, 1.82) is 0 Å². The maximum Gasteiger partial charge on any atom is 0.323 e. The molecule has 2 aromatic rings. The van der Waals surface area contributed by atoms with Crippen LogP contribution in [-0.4, -0.2) is 14.4 Å². The average molecular weight is 255 g/mol. The molecule has 0 aliphatic heterocycles. The number of nitrogens with one attached hydrogen (secondary N) is 1. The van der Waals surface area contributed by atoms with Crippen LogP contribution >= 0.6 is 0 Å². The molecule has 6 nitrogen and oxygen atoms in total. The third-order valence-corrected chi connectivity index (χ3v) is 3.00. The maximum atomic E-state index is 11.6. The molecule has 0 atom stereocenters. The van der Waals surface area contributed by atoms with E-state index in [4.69, 9.17) is 4.42 Å². The topological polar surface area (TPSA) is 85.6 Å². The Morgan fingerprint density at radius 3 is 2.71 bits per heavy atom. The lowest BCUT2D eigenvalue weighted by Crippen LogP contribution is -2.25. The molecule has 0 saturated carbocycles.